The molecule has 7 heteroatoms. The number of nitrogens with one attached hydrogen (secondary N) is 2. The Kier molecular flexibility index (Phi) is 8.66. The number of carbonyl (C=O) groups is 3. The van der Waals surface area contributed by atoms with Crippen LogP contribution >= 0.6 is 0 Å². The van der Waals surface area contributed by atoms with Crippen molar-refractivity contribution in [2.45, 2.75) is 45.1 Å². The zero-order valence-electron chi connectivity index (χ0n) is 18.4. The van der Waals surface area contributed by atoms with Gasteiger partial charge in [0.15, 0.2) is 6.61 Å². The van der Waals surface area contributed by atoms with Crippen LogP contribution < -0.4 is 15.4 Å². The van der Waals surface area contributed by atoms with Gasteiger partial charge in [0.25, 0.3) is 11.8 Å². The number of benzene rings is 2. The molecule has 0 saturated carbocycles. The fourth-order valence-corrected chi connectivity index (χ4v) is 3.63. The molecule has 0 heterocycles. The van der Waals surface area contributed by atoms with Gasteiger partial charge in [-0.15, -0.1) is 0 Å². The summed E-state index contributed by atoms with van der Waals surface area (Å²) in [7, 11) is 0. The fourth-order valence-electron chi connectivity index (χ4n) is 3.63. The molecule has 0 bridgehead atoms. The second kappa shape index (κ2) is 11.9. The maximum Gasteiger partial charge on any atom is 0.325 e. The van der Waals surface area contributed by atoms with Crippen LogP contribution in [0.25, 0.3) is 0 Å². The van der Waals surface area contributed by atoms with Crippen molar-refractivity contribution in [1.29, 1.82) is 0 Å². The van der Waals surface area contributed by atoms with E-state index >= 15 is 0 Å². The molecule has 2 N–H and O–H groups in total. The van der Waals surface area contributed by atoms with E-state index < -0.39 is 11.9 Å². The molecule has 7 nitrogen and oxygen atoms in total. The summed E-state index contributed by atoms with van der Waals surface area (Å²) < 4.78 is 10.6. The Hall–Kier alpha value is -3.35. The summed E-state index contributed by atoms with van der Waals surface area (Å²) in [6.07, 6.45) is 4.88. The third-order valence-electron chi connectivity index (χ3n) is 5.35. The third kappa shape index (κ3) is 6.83. The molecule has 0 aromatic heterocycles. The van der Waals surface area contributed by atoms with E-state index in [1.807, 2.05) is 18.2 Å². The summed E-state index contributed by atoms with van der Waals surface area (Å²) in [5, 5.41) is 5.43. The number of hydrogen-bond donors (Lipinski definition) is 2. The molecular formula is C25H30N2O5. The summed E-state index contributed by atoms with van der Waals surface area (Å²) in [4.78, 5) is 36.4. The molecule has 32 heavy (non-hydrogen) atoms. The molecule has 0 fully saturated rings. The number of hydrogen-bond acceptors (Lipinski definition) is 5. The van der Waals surface area contributed by atoms with Gasteiger partial charge in [-0.1, -0.05) is 37.6 Å². The van der Waals surface area contributed by atoms with Crippen LogP contribution in [0.3, 0.4) is 0 Å². The van der Waals surface area contributed by atoms with Gasteiger partial charge in [-0.3, -0.25) is 14.4 Å². The average molecular weight is 439 g/mol. The van der Waals surface area contributed by atoms with E-state index in [0.29, 0.717) is 17.9 Å². The Balaban J connectivity index is 1.38. The predicted octanol–water partition coefficient (Wildman–Crippen LogP) is 3.33. The lowest BCUT2D eigenvalue weighted by Crippen LogP contribution is -2.36. The van der Waals surface area contributed by atoms with E-state index in [9.17, 15) is 14.4 Å². The van der Waals surface area contributed by atoms with Crippen molar-refractivity contribution >= 4 is 17.8 Å². The number of unbranched alkanes of at least 4 members (excludes halogenated alkanes) is 1. The lowest BCUT2D eigenvalue weighted by atomic mass is 9.88. The van der Waals surface area contributed by atoms with E-state index in [0.717, 1.165) is 37.7 Å². The van der Waals surface area contributed by atoms with Gasteiger partial charge < -0.3 is 20.1 Å². The van der Waals surface area contributed by atoms with E-state index in [1.165, 1.54) is 5.56 Å². The number of aryl methyl sites for hydroxylation is 1. The highest BCUT2D eigenvalue weighted by molar-refractivity contribution is 5.96. The number of esters is 1. The van der Waals surface area contributed by atoms with Crippen molar-refractivity contribution in [2.75, 3.05) is 19.8 Å². The van der Waals surface area contributed by atoms with E-state index in [1.54, 1.807) is 24.3 Å². The van der Waals surface area contributed by atoms with Gasteiger partial charge in [0, 0.05) is 5.56 Å². The molecule has 170 valence electrons. The summed E-state index contributed by atoms with van der Waals surface area (Å²) in [5.74, 6) is -0.728. The van der Waals surface area contributed by atoms with E-state index in [2.05, 4.69) is 23.6 Å². The monoisotopic (exact) mass is 438 g/mol. The van der Waals surface area contributed by atoms with Crippen molar-refractivity contribution in [3.05, 3.63) is 65.2 Å². The van der Waals surface area contributed by atoms with Crippen LogP contribution in [0.2, 0.25) is 0 Å². The number of ether oxygens (including phenoxy) is 2. The maximum atomic E-state index is 12.2. The topological polar surface area (TPSA) is 93.7 Å². The largest absolute Gasteiger partial charge is 0.494 e. The fraction of sp³-hybridized carbons (Fsp3) is 0.400. The number of carbonyl (C=O) groups excluding carboxylic acids is 3. The average Bonchev–Trinajstić information content (AvgIpc) is 2.82. The standard InChI is InChI=1S/C25H30N2O5/c1-2-3-15-31-20-13-11-19(12-14-20)25(30)26-16-24(29)32-17-23(28)27-22-10-6-8-18-7-4-5-9-21(18)22/h4-5,7,9,11-14,22H,2-3,6,8,10,15-17H2,1H3,(H,26,30)(H,27,28). The van der Waals surface area contributed by atoms with Crippen molar-refractivity contribution in [3.8, 4) is 5.75 Å². The van der Waals surface area contributed by atoms with Crippen molar-refractivity contribution in [3.63, 3.8) is 0 Å². The van der Waals surface area contributed by atoms with Crippen LogP contribution in [0.1, 0.15) is 60.1 Å². The van der Waals surface area contributed by atoms with Crippen molar-refractivity contribution in [1.82, 2.24) is 10.6 Å². The molecular weight excluding hydrogens is 408 g/mol. The Bertz CT molecular complexity index is 926. The third-order valence-corrected chi connectivity index (χ3v) is 5.35. The lowest BCUT2D eigenvalue weighted by molar-refractivity contribution is -0.147. The van der Waals surface area contributed by atoms with Crippen LogP contribution in [0.4, 0.5) is 0 Å². The second-order valence-corrected chi connectivity index (χ2v) is 7.78. The number of amides is 2. The van der Waals surface area contributed by atoms with Gasteiger partial charge in [0.05, 0.1) is 12.6 Å². The summed E-state index contributed by atoms with van der Waals surface area (Å²) >= 11 is 0. The first-order valence-corrected chi connectivity index (χ1v) is 11.1. The summed E-state index contributed by atoms with van der Waals surface area (Å²) in [6.45, 7) is 2.03. The van der Waals surface area contributed by atoms with E-state index in [-0.39, 0.29) is 25.1 Å². The Morgan fingerprint density at radius 1 is 1.06 bits per heavy atom. The zero-order valence-corrected chi connectivity index (χ0v) is 18.4. The number of rotatable bonds is 10. The minimum atomic E-state index is -0.669. The first-order chi connectivity index (χ1) is 15.6. The highest BCUT2D eigenvalue weighted by Gasteiger charge is 2.21. The first-order valence-electron chi connectivity index (χ1n) is 11.1. The molecule has 3 rings (SSSR count). The zero-order chi connectivity index (χ0) is 22.8. The number of fused-ring (bicyclic) bond motifs is 1. The van der Waals surface area contributed by atoms with Gasteiger partial charge in [0.2, 0.25) is 0 Å². The lowest BCUT2D eigenvalue weighted by Gasteiger charge is -2.26. The SMILES string of the molecule is CCCCOc1ccc(C(=O)NCC(=O)OCC(=O)NC2CCCc3ccccc32)cc1. The van der Waals surface area contributed by atoms with Crippen LogP contribution in [0.15, 0.2) is 48.5 Å². The van der Waals surface area contributed by atoms with Gasteiger partial charge in [0.1, 0.15) is 12.3 Å². The van der Waals surface area contributed by atoms with Crippen molar-refractivity contribution < 1.29 is 23.9 Å². The van der Waals surface area contributed by atoms with Crippen LogP contribution in [0, 0.1) is 0 Å². The van der Waals surface area contributed by atoms with E-state index in [4.69, 9.17) is 9.47 Å². The Morgan fingerprint density at radius 2 is 1.84 bits per heavy atom. The highest BCUT2D eigenvalue weighted by atomic mass is 16.5. The van der Waals surface area contributed by atoms with Gasteiger partial charge in [-0.05, 0) is 61.1 Å². The quantitative estimate of drug-likeness (QED) is 0.438. The second-order valence-electron chi connectivity index (χ2n) is 7.78. The predicted molar refractivity (Wildman–Crippen MR) is 120 cm³/mol. The first kappa shape index (κ1) is 23.3. The molecule has 1 aliphatic rings. The smallest absolute Gasteiger partial charge is 0.325 e. The molecule has 2 aromatic rings. The minimum absolute atomic E-state index is 0.0696. The van der Waals surface area contributed by atoms with Crippen LogP contribution in [-0.4, -0.2) is 37.5 Å². The molecule has 0 saturated heterocycles. The van der Waals surface area contributed by atoms with Crippen LogP contribution in [0.5, 0.6) is 5.75 Å². The Morgan fingerprint density at radius 3 is 2.62 bits per heavy atom. The van der Waals surface area contributed by atoms with Gasteiger partial charge in [-0.2, -0.15) is 0 Å². The molecule has 0 spiro atoms. The normalized spacial score (nSPS) is 14.7. The van der Waals surface area contributed by atoms with Gasteiger partial charge >= 0.3 is 5.97 Å². The summed E-state index contributed by atoms with van der Waals surface area (Å²) in [5.41, 5.74) is 2.77. The molecule has 2 amide bonds. The minimum Gasteiger partial charge on any atom is -0.494 e. The molecule has 1 aliphatic carbocycles. The highest BCUT2D eigenvalue weighted by Crippen LogP contribution is 2.29. The summed E-state index contributed by atoms with van der Waals surface area (Å²) in [6, 6.07) is 14.7. The molecule has 1 unspecified atom stereocenters. The van der Waals surface area contributed by atoms with Crippen molar-refractivity contribution in [2.24, 2.45) is 0 Å². The maximum absolute atomic E-state index is 12.2. The molecule has 2 aromatic carbocycles. The van der Waals surface area contributed by atoms with Gasteiger partial charge in [-0.25, -0.2) is 0 Å². The molecule has 0 aliphatic heterocycles. The Labute approximate surface area is 188 Å². The van der Waals surface area contributed by atoms with Crippen LogP contribution in [-0.2, 0) is 20.7 Å². The molecule has 0 radical (unpaired) electrons. The molecule has 1 atom stereocenters.